The number of aromatic nitrogens is 1. The molecule has 0 saturated heterocycles. The minimum atomic E-state index is 0.528. The summed E-state index contributed by atoms with van der Waals surface area (Å²) in [5, 5.41) is 3.94. The molecule has 3 nitrogen and oxygen atoms in total. The van der Waals surface area contributed by atoms with E-state index in [4.69, 9.17) is 9.26 Å². The number of hydrogen-bond acceptors (Lipinski definition) is 3. The lowest BCUT2D eigenvalue weighted by atomic mass is 10.3. The van der Waals surface area contributed by atoms with Gasteiger partial charge >= 0.3 is 0 Å². The molecular weight excluding hydrogens is 142 g/mol. The second kappa shape index (κ2) is 2.66. The Morgan fingerprint density at radius 3 is 3.18 bits per heavy atom. The molecule has 1 aromatic heterocycles. The first kappa shape index (κ1) is 6.85. The van der Waals surface area contributed by atoms with E-state index in [1.165, 1.54) is 12.8 Å². The van der Waals surface area contributed by atoms with Crippen molar-refractivity contribution in [2.45, 2.75) is 25.4 Å². The zero-order valence-corrected chi connectivity index (χ0v) is 6.54. The Balaban J connectivity index is 2.06. The van der Waals surface area contributed by atoms with Crippen molar-refractivity contribution < 1.29 is 9.26 Å². The lowest BCUT2D eigenvalue weighted by molar-refractivity contribution is 0.156. The molecule has 0 radical (unpaired) electrons. The van der Waals surface area contributed by atoms with Gasteiger partial charge in [-0.25, -0.2) is 0 Å². The van der Waals surface area contributed by atoms with Gasteiger partial charge < -0.3 is 9.26 Å². The molecule has 0 spiro atoms. The maximum absolute atomic E-state index is 5.03. The standard InChI is InChI=1S/C8H11NO2/c1-10-5-7-4-8(9-11-7)6-2-3-6/h4,6H,2-3,5H2,1H3. The van der Waals surface area contributed by atoms with Crippen LogP contribution in [0.5, 0.6) is 0 Å². The van der Waals surface area contributed by atoms with Crippen molar-refractivity contribution in [3.8, 4) is 0 Å². The van der Waals surface area contributed by atoms with Crippen LogP contribution < -0.4 is 0 Å². The Hall–Kier alpha value is -0.830. The van der Waals surface area contributed by atoms with Crippen molar-refractivity contribution in [2.75, 3.05) is 7.11 Å². The van der Waals surface area contributed by atoms with Gasteiger partial charge in [0.05, 0.1) is 5.69 Å². The van der Waals surface area contributed by atoms with E-state index in [1.807, 2.05) is 6.07 Å². The normalized spacial score (nSPS) is 17.2. The van der Waals surface area contributed by atoms with E-state index >= 15 is 0 Å². The summed E-state index contributed by atoms with van der Waals surface area (Å²) in [6.07, 6.45) is 2.53. The zero-order valence-electron chi connectivity index (χ0n) is 6.54. The van der Waals surface area contributed by atoms with Gasteiger partial charge in [0, 0.05) is 19.1 Å². The fourth-order valence-electron chi connectivity index (χ4n) is 1.11. The average Bonchev–Trinajstić information content (AvgIpc) is 2.75. The van der Waals surface area contributed by atoms with E-state index in [2.05, 4.69) is 5.16 Å². The first-order valence-corrected chi connectivity index (χ1v) is 3.84. The molecule has 1 heterocycles. The van der Waals surface area contributed by atoms with Crippen LogP contribution in [0.1, 0.15) is 30.2 Å². The second-order valence-corrected chi connectivity index (χ2v) is 2.93. The lowest BCUT2D eigenvalue weighted by Crippen LogP contribution is -1.82. The van der Waals surface area contributed by atoms with Crippen LogP contribution in [0.4, 0.5) is 0 Å². The zero-order chi connectivity index (χ0) is 7.68. The van der Waals surface area contributed by atoms with Crippen LogP contribution >= 0.6 is 0 Å². The lowest BCUT2D eigenvalue weighted by Gasteiger charge is -1.87. The van der Waals surface area contributed by atoms with Crippen LogP contribution in [0.15, 0.2) is 10.6 Å². The molecule has 3 heteroatoms. The van der Waals surface area contributed by atoms with Gasteiger partial charge in [-0.1, -0.05) is 5.16 Å². The summed E-state index contributed by atoms with van der Waals surface area (Å²) in [7, 11) is 1.65. The van der Waals surface area contributed by atoms with Gasteiger partial charge in [-0.15, -0.1) is 0 Å². The molecular formula is C8H11NO2. The second-order valence-electron chi connectivity index (χ2n) is 2.93. The summed E-state index contributed by atoms with van der Waals surface area (Å²) >= 11 is 0. The van der Waals surface area contributed by atoms with Crippen molar-refractivity contribution >= 4 is 0 Å². The number of nitrogens with zero attached hydrogens (tertiary/aromatic N) is 1. The molecule has 2 rings (SSSR count). The van der Waals surface area contributed by atoms with Gasteiger partial charge in [0.1, 0.15) is 6.61 Å². The van der Waals surface area contributed by atoms with Crippen molar-refractivity contribution in [1.29, 1.82) is 0 Å². The first-order valence-electron chi connectivity index (χ1n) is 3.84. The van der Waals surface area contributed by atoms with Crippen LogP contribution in [0.3, 0.4) is 0 Å². The van der Waals surface area contributed by atoms with E-state index in [-0.39, 0.29) is 0 Å². The minimum Gasteiger partial charge on any atom is -0.377 e. The summed E-state index contributed by atoms with van der Waals surface area (Å²) < 4.78 is 9.94. The summed E-state index contributed by atoms with van der Waals surface area (Å²) in [5.41, 5.74) is 1.09. The Kier molecular flexibility index (Phi) is 1.66. The van der Waals surface area contributed by atoms with E-state index < -0.39 is 0 Å². The van der Waals surface area contributed by atoms with Gasteiger partial charge in [0.2, 0.25) is 0 Å². The van der Waals surface area contributed by atoms with E-state index in [1.54, 1.807) is 7.11 Å². The Morgan fingerprint density at radius 1 is 1.73 bits per heavy atom. The highest BCUT2D eigenvalue weighted by Crippen LogP contribution is 2.39. The van der Waals surface area contributed by atoms with Crippen LogP contribution in [-0.2, 0) is 11.3 Å². The molecule has 11 heavy (non-hydrogen) atoms. The topological polar surface area (TPSA) is 35.3 Å². The van der Waals surface area contributed by atoms with Crippen LogP contribution in [0.2, 0.25) is 0 Å². The highest BCUT2D eigenvalue weighted by atomic mass is 16.5. The predicted molar refractivity (Wildman–Crippen MR) is 39.2 cm³/mol. The average molecular weight is 153 g/mol. The van der Waals surface area contributed by atoms with Gasteiger partial charge in [0.15, 0.2) is 5.76 Å². The molecule has 0 atom stereocenters. The summed E-state index contributed by atoms with van der Waals surface area (Å²) in [6.45, 7) is 0.528. The molecule has 1 aliphatic rings. The maximum Gasteiger partial charge on any atom is 0.162 e. The predicted octanol–water partition coefficient (Wildman–Crippen LogP) is 1.70. The van der Waals surface area contributed by atoms with E-state index in [9.17, 15) is 0 Å². The van der Waals surface area contributed by atoms with Gasteiger partial charge in [-0.05, 0) is 12.8 Å². The number of hydrogen-bond donors (Lipinski definition) is 0. The fourth-order valence-corrected chi connectivity index (χ4v) is 1.11. The van der Waals surface area contributed by atoms with Crippen LogP contribution in [-0.4, -0.2) is 12.3 Å². The molecule has 0 aromatic carbocycles. The van der Waals surface area contributed by atoms with Gasteiger partial charge in [-0.2, -0.15) is 0 Å². The Labute approximate surface area is 65.3 Å². The third kappa shape index (κ3) is 1.43. The van der Waals surface area contributed by atoms with Crippen molar-refractivity contribution in [3.05, 3.63) is 17.5 Å². The van der Waals surface area contributed by atoms with Gasteiger partial charge in [-0.3, -0.25) is 0 Å². The van der Waals surface area contributed by atoms with Crippen molar-refractivity contribution in [1.82, 2.24) is 5.16 Å². The highest BCUT2D eigenvalue weighted by molar-refractivity contribution is 5.14. The smallest absolute Gasteiger partial charge is 0.162 e. The molecule has 1 fully saturated rings. The van der Waals surface area contributed by atoms with E-state index in [0.29, 0.717) is 12.5 Å². The SMILES string of the molecule is COCc1cc(C2CC2)no1. The fraction of sp³-hybridized carbons (Fsp3) is 0.625. The number of ether oxygens (including phenoxy) is 1. The molecule has 0 N–H and O–H groups in total. The third-order valence-electron chi connectivity index (χ3n) is 1.86. The molecule has 0 bridgehead atoms. The van der Waals surface area contributed by atoms with Crippen LogP contribution in [0, 0.1) is 0 Å². The molecule has 0 amide bonds. The molecule has 1 saturated carbocycles. The number of methoxy groups -OCH3 is 1. The molecule has 0 aliphatic heterocycles. The Bertz CT molecular complexity index is 240. The summed E-state index contributed by atoms with van der Waals surface area (Å²) in [4.78, 5) is 0. The monoisotopic (exact) mass is 153 g/mol. The van der Waals surface area contributed by atoms with E-state index in [0.717, 1.165) is 11.5 Å². The van der Waals surface area contributed by atoms with Crippen molar-refractivity contribution in [2.24, 2.45) is 0 Å². The first-order chi connectivity index (χ1) is 5.40. The number of rotatable bonds is 3. The Morgan fingerprint density at radius 2 is 2.55 bits per heavy atom. The summed E-state index contributed by atoms with van der Waals surface area (Å²) in [6, 6.07) is 1.99. The van der Waals surface area contributed by atoms with Crippen molar-refractivity contribution in [3.63, 3.8) is 0 Å². The molecule has 1 aliphatic carbocycles. The minimum absolute atomic E-state index is 0.528. The third-order valence-corrected chi connectivity index (χ3v) is 1.86. The summed E-state index contributed by atoms with van der Waals surface area (Å²) in [5.74, 6) is 1.50. The highest BCUT2D eigenvalue weighted by Gasteiger charge is 2.26. The molecule has 1 aromatic rings. The largest absolute Gasteiger partial charge is 0.377 e. The van der Waals surface area contributed by atoms with Crippen LogP contribution in [0.25, 0.3) is 0 Å². The quantitative estimate of drug-likeness (QED) is 0.663. The molecule has 60 valence electrons. The maximum atomic E-state index is 5.03. The van der Waals surface area contributed by atoms with Gasteiger partial charge in [0.25, 0.3) is 0 Å². The molecule has 0 unspecified atom stereocenters.